The van der Waals surface area contributed by atoms with Gasteiger partial charge in [-0.2, -0.15) is 0 Å². The molecule has 4 saturated heterocycles. The third-order valence-electron chi connectivity index (χ3n) is 11.1. The third-order valence-corrected chi connectivity index (χ3v) is 11.1. The van der Waals surface area contributed by atoms with Gasteiger partial charge in [0.25, 0.3) is 0 Å². The van der Waals surface area contributed by atoms with Gasteiger partial charge in [0.05, 0.1) is 0 Å². The molecular weight excluding hydrogens is 584 g/mol. The lowest BCUT2D eigenvalue weighted by Gasteiger charge is -2.56. The van der Waals surface area contributed by atoms with Crippen LogP contribution in [0, 0.1) is 0 Å². The number of nitrogens with zero attached hydrogens (tertiary/aromatic N) is 2. The summed E-state index contributed by atoms with van der Waals surface area (Å²) in [5.74, 6) is 0.0221. The minimum Gasteiger partial charge on any atom is -0.336 e. The molecule has 4 fully saturated rings. The maximum absolute atomic E-state index is 15.0. The van der Waals surface area contributed by atoms with Crippen molar-refractivity contribution in [3.05, 3.63) is 0 Å². The van der Waals surface area contributed by atoms with Crippen LogP contribution in [0.3, 0.4) is 0 Å². The molecule has 0 aliphatic carbocycles. The summed E-state index contributed by atoms with van der Waals surface area (Å²) >= 11 is 0. The molecule has 4 aliphatic rings. The standard InChI is InChI=1S/C39H74N6O2/c1-32(2)18-26(19-33(3,4)40-32)44(27-20-34(5,6)41-35(7,8)21-27)30(46)17-31(47)45(28-22-36(9,10)42-37(11,12)23-28)29-24-38(13,14)43-39(15,16)25-29/h26-29,40-43H,17-25H2,1-16H3. The Morgan fingerprint density at radius 3 is 0.681 bits per heavy atom. The van der Waals surface area contributed by atoms with Crippen LogP contribution in [0.5, 0.6) is 0 Å². The van der Waals surface area contributed by atoms with E-state index in [9.17, 15) is 9.59 Å². The van der Waals surface area contributed by atoms with Gasteiger partial charge in [-0.1, -0.05) is 0 Å². The van der Waals surface area contributed by atoms with Crippen molar-refractivity contribution in [1.29, 1.82) is 0 Å². The molecule has 272 valence electrons. The third kappa shape index (κ3) is 9.94. The summed E-state index contributed by atoms with van der Waals surface area (Å²) in [6.07, 6.45) is 6.92. The molecule has 4 rings (SSSR count). The van der Waals surface area contributed by atoms with Crippen molar-refractivity contribution in [3.63, 3.8) is 0 Å². The van der Waals surface area contributed by atoms with Crippen molar-refractivity contribution in [2.24, 2.45) is 0 Å². The van der Waals surface area contributed by atoms with E-state index in [2.05, 4.69) is 142 Å². The van der Waals surface area contributed by atoms with Gasteiger partial charge in [0.15, 0.2) is 0 Å². The lowest BCUT2D eigenvalue weighted by atomic mass is 9.74. The molecule has 0 bridgehead atoms. The summed E-state index contributed by atoms with van der Waals surface area (Å²) in [5, 5.41) is 15.3. The Morgan fingerprint density at radius 2 is 0.532 bits per heavy atom. The van der Waals surface area contributed by atoms with Crippen LogP contribution in [0.25, 0.3) is 0 Å². The maximum Gasteiger partial charge on any atom is 0.232 e. The zero-order chi connectivity index (χ0) is 35.8. The first kappa shape index (κ1) is 38.6. The molecule has 0 aromatic carbocycles. The van der Waals surface area contributed by atoms with E-state index in [-0.39, 0.29) is 86.7 Å². The molecule has 47 heavy (non-hydrogen) atoms. The van der Waals surface area contributed by atoms with Crippen molar-refractivity contribution in [1.82, 2.24) is 31.1 Å². The van der Waals surface area contributed by atoms with E-state index < -0.39 is 0 Å². The summed E-state index contributed by atoms with van der Waals surface area (Å²) in [7, 11) is 0. The van der Waals surface area contributed by atoms with E-state index in [1.54, 1.807) is 0 Å². The smallest absolute Gasteiger partial charge is 0.232 e. The van der Waals surface area contributed by atoms with Gasteiger partial charge in [-0.15, -0.1) is 0 Å². The highest BCUT2D eigenvalue weighted by Crippen LogP contribution is 2.41. The van der Waals surface area contributed by atoms with Crippen LogP contribution in [-0.2, 0) is 9.59 Å². The second-order valence-corrected chi connectivity index (χ2v) is 21.6. The van der Waals surface area contributed by atoms with Crippen LogP contribution in [0.2, 0.25) is 0 Å². The Hall–Kier alpha value is -1.22. The number of carbonyl (C=O) groups excluding carboxylic acids is 2. The van der Waals surface area contributed by atoms with Crippen LogP contribution in [0.4, 0.5) is 0 Å². The zero-order valence-electron chi connectivity index (χ0n) is 33.4. The zero-order valence-corrected chi connectivity index (χ0v) is 33.4. The average Bonchev–Trinajstić information content (AvgIpc) is 2.70. The first-order valence-corrected chi connectivity index (χ1v) is 18.7. The number of hydrogen-bond acceptors (Lipinski definition) is 6. The summed E-state index contributed by atoms with van der Waals surface area (Å²) in [4.78, 5) is 34.4. The van der Waals surface area contributed by atoms with Crippen molar-refractivity contribution in [3.8, 4) is 0 Å². The minimum absolute atomic E-state index is 0.0110. The van der Waals surface area contributed by atoms with Crippen molar-refractivity contribution < 1.29 is 9.59 Å². The predicted molar refractivity (Wildman–Crippen MR) is 196 cm³/mol. The molecule has 8 nitrogen and oxygen atoms in total. The normalized spacial score (nSPS) is 30.0. The molecule has 0 saturated carbocycles. The highest BCUT2D eigenvalue weighted by Gasteiger charge is 2.50. The average molecular weight is 659 g/mol. The molecule has 4 heterocycles. The first-order chi connectivity index (χ1) is 20.9. The summed E-state index contributed by atoms with van der Waals surface area (Å²) in [5.41, 5.74) is -0.909. The van der Waals surface area contributed by atoms with Gasteiger partial charge in [0, 0.05) is 68.5 Å². The number of carbonyl (C=O) groups is 2. The highest BCUT2D eigenvalue weighted by atomic mass is 16.2. The Bertz CT molecular complexity index is 952. The van der Waals surface area contributed by atoms with E-state index >= 15 is 0 Å². The van der Waals surface area contributed by atoms with Crippen LogP contribution in [0.15, 0.2) is 0 Å². The summed E-state index contributed by atoms with van der Waals surface area (Å²) in [6, 6.07) is 0.271. The fourth-order valence-corrected chi connectivity index (χ4v) is 11.6. The fourth-order valence-electron chi connectivity index (χ4n) is 11.6. The Morgan fingerprint density at radius 1 is 0.383 bits per heavy atom. The van der Waals surface area contributed by atoms with Crippen LogP contribution < -0.4 is 21.3 Å². The number of piperidine rings is 4. The molecule has 2 amide bonds. The topological polar surface area (TPSA) is 88.7 Å². The second-order valence-electron chi connectivity index (χ2n) is 21.6. The second kappa shape index (κ2) is 12.2. The van der Waals surface area contributed by atoms with Gasteiger partial charge < -0.3 is 31.1 Å². The molecule has 4 aliphatic heterocycles. The summed E-state index contributed by atoms with van der Waals surface area (Å²) in [6.45, 7) is 36.1. The highest BCUT2D eigenvalue weighted by molar-refractivity contribution is 5.97. The molecule has 0 atom stereocenters. The van der Waals surface area contributed by atoms with E-state index in [1.807, 2.05) is 0 Å². The van der Waals surface area contributed by atoms with Crippen LogP contribution in [-0.4, -0.2) is 90.1 Å². The molecule has 0 radical (unpaired) electrons. The largest absolute Gasteiger partial charge is 0.336 e. The number of nitrogens with one attached hydrogen (secondary N) is 4. The Kier molecular flexibility index (Phi) is 10.0. The van der Waals surface area contributed by atoms with Gasteiger partial charge in [0.2, 0.25) is 11.8 Å². The van der Waals surface area contributed by atoms with Gasteiger partial charge in [-0.3, -0.25) is 9.59 Å². The van der Waals surface area contributed by atoms with E-state index in [1.165, 1.54) is 0 Å². The maximum atomic E-state index is 15.0. The quantitative estimate of drug-likeness (QED) is 0.252. The molecule has 4 N–H and O–H groups in total. The van der Waals surface area contributed by atoms with Gasteiger partial charge in [0.1, 0.15) is 6.42 Å². The molecule has 8 heteroatoms. The SMILES string of the molecule is CC1(C)CC(N(C(=O)CC(=O)N(C2CC(C)(C)NC(C)(C)C2)C2CC(C)(C)NC(C)(C)C2)C2CC(C)(C)NC(C)(C)C2)CC(C)(C)N1. The van der Waals surface area contributed by atoms with E-state index in [4.69, 9.17) is 0 Å². The molecule has 0 aromatic rings. The predicted octanol–water partition coefficient (Wildman–Crippen LogP) is 6.27. The van der Waals surface area contributed by atoms with Crippen molar-refractivity contribution in [2.45, 2.75) is 237 Å². The summed E-state index contributed by atoms with van der Waals surface area (Å²) < 4.78 is 0. The lowest BCUT2D eigenvalue weighted by molar-refractivity contribution is -0.150. The lowest BCUT2D eigenvalue weighted by Crippen LogP contribution is -2.69. The van der Waals surface area contributed by atoms with Crippen LogP contribution >= 0.6 is 0 Å². The number of hydrogen-bond donors (Lipinski definition) is 4. The fraction of sp³-hybridized carbons (Fsp3) is 0.949. The Balaban J connectivity index is 1.73. The minimum atomic E-state index is -0.114. The van der Waals surface area contributed by atoms with Gasteiger partial charge >= 0.3 is 0 Å². The van der Waals surface area contributed by atoms with Crippen molar-refractivity contribution >= 4 is 11.8 Å². The molecule has 0 unspecified atom stereocenters. The monoisotopic (exact) mass is 659 g/mol. The van der Waals surface area contributed by atoms with Gasteiger partial charge in [-0.25, -0.2) is 0 Å². The molecule has 0 spiro atoms. The van der Waals surface area contributed by atoms with Crippen LogP contribution in [0.1, 0.15) is 169 Å². The Labute approximate surface area is 289 Å². The van der Waals surface area contributed by atoms with Crippen molar-refractivity contribution in [2.75, 3.05) is 0 Å². The van der Waals surface area contributed by atoms with E-state index in [0.29, 0.717) is 0 Å². The molecular formula is C39H74N6O2. The molecule has 0 aromatic heterocycles. The first-order valence-electron chi connectivity index (χ1n) is 18.7. The number of rotatable bonds is 6. The van der Waals surface area contributed by atoms with Gasteiger partial charge in [-0.05, 0) is 162 Å². The van der Waals surface area contributed by atoms with E-state index in [0.717, 1.165) is 51.4 Å². The number of amides is 2.